The Kier molecular flexibility index (Phi) is 3.91. The Morgan fingerprint density at radius 2 is 2.17 bits per heavy atom. The summed E-state index contributed by atoms with van der Waals surface area (Å²) in [6.45, 7) is 7.13. The van der Waals surface area contributed by atoms with Crippen LogP contribution in [0.3, 0.4) is 0 Å². The lowest BCUT2D eigenvalue weighted by molar-refractivity contribution is 0.292. The maximum absolute atomic E-state index is 14.1. The zero-order valence-corrected chi connectivity index (χ0v) is 11.6. The summed E-state index contributed by atoms with van der Waals surface area (Å²) in [4.78, 5) is 2.18. The monoisotopic (exact) mass is 250 g/mol. The summed E-state index contributed by atoms with van der Waals surface area (Å²) in [7, 11) is 1.87. The molecule has 1 fully saturated rings. The quantitative estimate of drug-likeness (QED) is 0.886. The maximum Gasteiger partial charge on any atom is 0.146 e. The molecular formula is C15H23FN2. The van der Waals surface area contributed by atoms with Crippen LogP contribution in [0.4, 0.5) is 10.1 Å². The van der Waals surface area contributed by atoms with Gasteiger partial charge < -0.3 is 10.2 Å². The molecule has 0 unspecified atom stereocenters. The van der Waals surface area contributed by atoms with Gasteiger partial charge >= 0.3 is 0 Å². The van der Waals surface area contributed by atoms with Gasteiger partial charge in [0.25, 0.3) is 0 Å². The van der Waals surface area contributed by atoms with Crippen molar-refractivity contribution in [3.05, 3.63) is 29.6 Å². The van der Waals surface area contributed by atoms with Gasteiger partial charge in [0.05, 0.1) is 5.69 Å². The molecule has 2 rings (SSSR count). The topological polar surface area (TPSA) is 15.3 Å². The molecule has 1 aliphatic rings. The van der Waals surface area contributed by atoms with Crippen molar-refractivity contribution >= 4 is 5.69 Å². The molecule has 0 radical (unpaired) electrons. The molecule has 1 aromatic carbocycles. The molecule has 18 heavy (non-hydrogen) atoms. The van der Waals surface area contributed by atoms with Crippen LogP contribution in [-0.2, 0) is 6.54 Å². The van der Waals surface area contributed by atoms with E-state index in [1.165, 1.54) is 6.42 Å². The minimum absolute atomic E-state index is 0.0968. The van der Waals surface area contributed by atoms with Crippen molar-refractivity contribution in [1.82, 2.24) is 5.32 Å². The van der Waals surface area contributed by atoms with Crippen LogP contribution in [0.15, 0.2) is 18.2 Å². The predicted octanol–water partition coefficient (Wildman–Crippen LogP) is 3.17. The second-order valence-corrected chi connectivity index (χ2v) is 6.01. The van der Waals surface area contributed by atoms with Crippen molar-refractivity contribution in [1.29, 1.82) is 0 Å². The first-order chi connectivity index (χ1) is 8.52. The smallest absolute Gasteiger partial charge is 0.146 e. The molecule has 3 heteroatoms. The normalized spacial score (nSPS) is 19.0. The first-order valence-electron chi connectivity index (χ1n) is 6.70. The van der Waals surface area contributed by atoms with Crippen molar-refractivity contribution in [2.75, 3.05) is 25.0 Å². The molecule has 0 aliphatic carbocycles. The SMILES string of the molecule is CNCc1ccc(N2CCCC(C)(C)C2)c(F)c1. The molecule has 0 saturated carbocycles. The van der Waals surface area contributed by atoms with E-state index in [1.54, 1.807) is 6.07 Å². The number of halogens is 1. The second kappa shape index (κ2) is 5.27. The first kappa shape index (κ1) is 13.3. The van der Waals surface area contributed by atoms with E-state index < -0.39 is 0 Å². The van der Waals surface area contributed by atoms with Crippen LogP contribution < -0.4 is 10.2 Å². The lowest BCUT2D eigenvalue weighted by atomic mass is 9.84. The Morgan fingerprint density at radius 3 is 2.78 bits per heavy atom. The fourth-order valence-corrected chi connectivity index (χ4v) is 2.75. The van der Waals surface area contributed by atoms with Gasteiger partial charge in [-0.05, 0) is 43.0 Å². The van der Waals surface area contributed by atoms with Crippen molar-refractivity contribution in [3.63, 3.8) is 0 Å². The fraction of sp³-hybridized carbons (Fsp3) is 0.600. The van der Waals surface area contributed by atoms with Crippen LogP contribution in [0, 0.1) is 11.2 Å². The third kappa shape index (κ3) is 3.02. The van der Waals surface area contributed by atoms with E-state index >= 15 is 0 Å². The number of piperidine rings is 1. The van der Waals surface area contributed by atoms with Crippen molar-refractivity contribution in [2.45, 2.75) is 33.2 Å². The average molecular weight is 250 g/mol. The summed E-state index contributed by atoms with van der Waals surface area (Å²) in [5, 5.41) is 3.04. The van der Waals surface area contributed by atoms with E-state index in [1.807, 2.05) is 19.2 Å². The summed E-state index contributed by atoms with van der Waals surface area (Å²) < 4.78 is 14.1. The largest absolute Gasteiger partial charge is 0.369 e. The Bertz CT molecular complexity index is 415. The summed E-state index contributed by atoms with van der Waals surface area (Å²) in [5.74, 6) is -0.0968. The summed E-state index contributed by atoms with van der Waals surface area (Å²) in [6.07, 6.45) is 2.37. The molecule has 0 aromatic heterocycles. The van der Waals surface area contributed by atoms with Crippen LogP contribution in [0.2, 0.25) is 0 Å². The Balaban J connectivity index is 2.18. The summed E-state index contributed by atoms with van der Waals surface area (Å²) in [5.41, 5.74) is 2.03. The van der Waals surface area contributed by atoms with Gasteiger partial charge in [-0.3, -0.25) is 0 Å². The molecule has 1 aromatic rings. The van der Waals surface area contributed by atoms with Crippen molar-refractivity contribution in [3.8, 4) is 0 Å². The van der Waals surface area contributed by atoms with Crippen LogP contribution in [0.25, 0.3) is 0 Å². The summed E-state index contributed by atoms with van der Waals surface area (Å²) >= 11 is 0. The van der Waals surface area contributed by atoms with Gasteiger partial charge in [0.1, 0.15) is 5.82 Å². The van der Waals surface area contributed by atoms with Crippen molar-refractivity contribution < 1.29 is 4.39 Å². The molecule has 1 saturated heterocycles. The lowest BCUT2D eigenvalue weighted by Crippen LogP contribution is -2.40. The predicted molar refractivity (Wildman–Crippen MR) is 74.4 cm³/mol. The molecule has 0 amide bonds. The molecule has 1 N–H and O–H groups in total. The van der Waals surface area contributed by atoms with Crippen molar-refractivity contribution in [2.24, 2.45) is 5.41 Å². The fourth-order valence-electron chi connectivity index (χ4n) is 2.75. The summed E-state index contributed by atoms with van der Waals surface area (Å²) in [6, 6.07) is 5.58. The highest BCUT2D eigenvalue weighted by molar-refractivity contribution is 5.49. The molecule has 0 atom stereocenters. The van der Waals surface area contributed by atoms with Crippen LogP contribution in [-0.4, -0.2) is 20.1 Å². The molecular weight excluding hydrogens is 227 g/mol. The third-order valence-electron chi connectivity index (χ3n) is 3.63. The molecule has 0 spiro atoms. The van der Waals surface area contributed by atoms with Gasteiger partial charge in [-0.1, -0.05) is 19.9 Å². The standard InChI is InChI=1S/C15H23FN2/c1-15(2)7-4-8-18(11-15)14-6-5-12(10-17-3)9-13(14)16/h5-6,9,17H,4,7-8,10-11H2,1-3H3. The number of hydrogen-bond acceptors (Lipinski definition) is 2. The van der Waals surface area contributed by atoms with E-state index in [4.69, 9.17) is 0 Å². The lowest BCUT2D eigenvalue weighted by Gasteiger charge is -2.39. The minimum atomic E-state index is -0.0968. The minimum Gasteiger partial charge on any atom is -0.369 e. The Hall–Kier alpha value is -1.09. The van der Waals surface area contributed by atoms with E-state index in [0.717, 1.165) is 30.8 Å². The van der Waals surface area contributed by atoms with Crippen LogP contribution in [0.1, 0.15) is 32.3 Å². The zero-order valence-electron chi connectivity index (χ0n) is 11.6. The number of rotatable bonds is 3. The van der Waals surface area contributed by atoms with Crippen LogP contribution in [0.5, 0.6) is 0 Å². The highest BCUT2D eigenvalue weighted by Gasteiger charge is 2.27. The molecule has 1 heterocycles. The zero-order chi connectivity index (χ0) is 13.2. The number of nitrogens with zero attached hydrogens (tertiary/aromatic N) is 1. The van der Waals surface area contributed by atoms with E-state index in [-0.39, 0.29) is 11.2 Å². The maximum atomic E-state index is 14.1. The van der Waals surface area contributed by atoms with E-state index in [2.05, 4.69) is 24.1 Å². The molecule has 1 aliphatic heterocycles. The van der Waals surface area contributed by atoms with Gasteiger partial charge in [-0.25, -0.2) is 4.39 Å². The van der Waals surface area contributed by atoms with Gasteiger partial charge in [-0.2, -0.15) is 0 Å². The number of anilines is 1. The average Bonchev–Trinajstić information content (AvgIpc) is 2.28. The van der Waals surface area contributed by atoms with E-state index in [9.17, 15) is 4.39 Å². The van der Waals surface area contributed by atoms with Gasteiger partial charge in [-0.15, -0.1) is 0 Å². The van der Waals surface area contributed by atoms with E-state index in [0.29, 0.717) is 6.54 Å². The highest BCUT2D eigenvalue weighted by Crippen LogP contribution is 2.32. The van der Waals surface area contributed by atoms with Crippen LogP contribution >= 0.6 is 0 Å². The molecule has 0 bridgehead atoms. The molecule has 2 nitrogen and oxygen atoms in total. The number of nitrogens with one attached hydrogen (secondary N) is 1. The molecule has 100 valence electrons. The highest BCUT2D eigenvalue weighted by atomic mass is 19.1. The van der Waals surface area contributed by atoms with Gasteiger partial charge in [0.15, 0.2) is 0 Å². The third-order valence-corrected chi connectivity index (χ3v) is 3.63. The second-order valence-electron chi connectivity index (χ2n) is 6.01. The van der Waals surface area contributed by atoms with Gasteiger partial charge in [0.2, 0.25) is 0 Å². The number of hydrogen-bond donors (Lipinski definition) is 1. The Labute approximate surface area is 109 Å². The Morgan fingerprint density at radius 1 is 1.39 bits per heavy atom. The number of benzene rings is 1. The first-order valence-corrected chi connectivity index (χ1v) is 6.70. The van der Waals surface area contributed by atoms with Gasteiger partial charge in [0, 0.05) is 19.6 Å².